The van der Waals surface area contributed by atoms with Gasteiger partial charge in [-0.2, -0.15) is 0 Å². The fourth-order valence-corrected chi connectivity index (χ4v) is 6.17. The molecule has 0 radical (unpaired) electrons. The number of ketones is 1. The van der Waals surface area contributed by atoms with Crippen molar-refractivity contribution in [2.45, 2.75) is 51.7 Å². The maximum Gasteiger partial charge on any atom is 0.310 e. The number of carbonyl (C=O) groups is 3. The topological polar surface area (TPSA) is 103 Å². The van der Waals surface area contributed by atoms with Crippen LogP contribution in [0.25, 0.3) is 0 Å². The molecular formula is C21H26O7. The molecule has 28 heavy (non-hydrogen) atoms. The van der Waals surface area contributed by atoms with E-state index in [2.05, 4.69) is 0 Å². The summed E-state index contributed by atoms with van der Waals surface area (Å²) in [6, 6.07) is 1.75. The van der Waals surface area contributed by atoms with Crippen LogP contribution in [0.15, 0.2) is 23.0 Å². The number of hydrogen-bond acceptors (Lipinski definition) is 7. The Balaban J connectivity index is 1.79. The summed E-state index contributed by atoms with van der Waals surface area (Å²) in [5.74, 6) is -2.68. The quantitative estimate of drug-likeness (QED) is 0.774. The number of fused-ring (bicyclic) bond motifs is 3. The van der Waals surface area contributed by atoms with Gasteiger partial charge in [0.1, 0.15) is 12.2 Å². The van der Waals surface area contributed by atoms with Gasteiger partial charge in [0.05, 0.1) is 31.5 Å². The highest BCUT2D eigenvalue weighted by molar-refractivity contribution is 5.91. The number of rotatable bonds is 2. The Morgan fingerprint density at radius 2 is 2.04 bits per heavy atom. The largest absolute Gasteiger partial charge is 0.472 e. The monoisotopic (exact) mass is 390 g/mol. The molecule has 3 fully saturated rings. The number of carbonyl (C=O) groups excluding carboxylic acids is 3. The number of methoxy groups -OCH3 is 1. The molecule has 0 unspecified atom stereocenters. The van der Waals surface area contributed by atoms with E-state index in [1.165, 1.54) is 13.4 Å². The van der Waals surface area contributed by atoms with Gasteiger partial charge in [-0.05, 0) is 42.6 Å². The fourth-order valence-electron chi connectivity index (χ4n) is 6.17. The molecule has 2 aliphatic carbocycles. The summed E-state index contributed by atoms with van der Waals surface area (Å²) in [6.07, 6.45) is 2.88. The third-order valence-electron chi connectivity index (χ3n) is 7.52. The van der Waals surface area contributed by atoms with Crippen LogP contribution in [0.2, 0.25) is 0 Å². The molecule has 152 valence electrons. The van der Waals surface area contributed by atoms with Crippen molar-refractivity contribution in [1.29, 1.82) is 0 Å². The van der Waals surface area contributed by atoms with E-state index in [9.17, 15) is 19.5 Å². The summed E-state index contributed by atoms with van der Waals surface area (Å²) in [5.41, 5.74) is -0.656. The zero-order chi connectivity index (χ0) is 20.3. The zero-order valence-corrected chi connectivity index (χ0v) is 16.3. The van der Waals surface area contributed by atoms with Gasteiger partial charge >= 0.3 is 11.9 Å². The lowest BCUT2D eigenvalue weighted by molar-refractivity contribution is -0.207. The highest BCUT2D eigenvalue weighted by Crippen LogP contribution is 2.64. The first-order chi connectivity index (χ1) is 13.2. The average Bonchev–Trinajstić information content (AvgIpc) is 3.18. The molecule has 1 saturated heterocycles. The van der Waals surface area contributed by atoms with Gasteiger partial charge in [-0.1, -0.05) is 13.8 Å². The number of aliphatic hydroxyl groups is 1. The van der Waals surface area contributed by atoms with Crippen LogP contribution >= 0.6 is 0 Å². The van der Waals surface area contributed by atoms with Crippen LogP contribution in [-0.4, -0.2) is 36.0 Å². The molecule has 4 rings (SSSR count). The Labute approximate surface area is 163 Å². The third-order valence-corrected chi connectivity index (χ3v) is 7.52. The summed E-state index contributed by atoms with van der Waals surface area (Å²) >= 11 is 0. The smallest absolute Gasteiger partial charge is 0.310 e. The number of Topliss-reactive ketones (excluding diaryl/α,β-unsaturated/α-hetero) is 1. The van der Waals surface area contributed by atoms with Crippen LogP contribution in [0.4, 0.5) is 0 Å². The first kappa shape index (κ1) is 19.2. The van der Waals surface area contributed by atoms with Gasteiger partial charge in [-0.15, -0.1) is 0 Å². The average molecular weight is 390 g/mol. The standard InChI is InChI=1S/C21H26O7/c1-20-6-4-12-19(25)28-15(11-5-7-27-10-11)9-21(12,2)17(20)16(23)14(22)8-13(20)18(24)26-3/h5,7,10,12-15,17,22H,4,6,8-9H2,1-3H3/t12-,13-,14+,15+,17-,20-,21-/m0/s1. The van der Waals surface area contributed by atoms with E-state index in [1.807, 2.05) is 13.8 Å². The number of ether oxygens (including phenoxy) is 2. The molecule has 2 saturated carbocycles. The molecule has 1 aromatic heterocycles. The number of aliphatic hydroxyl groups excluding tert-OH is 1. The van der Waals surface area contributed by atoms with Crippen molar-refractivity contribution < 1.29 is 33.4 Å². The minimum Gasteiger partial charge on any atom is -0.472 e. The summed E-state index contributed by atoms with van der Waals surface area (Å²) in [7, 11) is 1.32. The van der Waals surface area contributed by atoms with Gasteiger partial charge in [0.25, 0.3) is 0 Å². The van der Waals surface area contributed by atoms with E-state index >= 15 is 0 Å². The molecule has 7 heteroatoms. The molecule has 3 aliphatic rings. The van der Waals surface area contributed by atoms with Gasteiger partial charge in [0, 0.05) is 11.5 Å². The molecular weight excluding hydrogens is 364 g/mol. The maximum atomic E-state index is 13.2. The van der Waals surface area contributed by atoms with Crippen molar-refractivity contribution in [3.63, 3.8) is 0 Å². The molecule has 0 aromatic carbocycles. The van der Waals surface area contributed by atoms with Crippen LogP contribution in [0.3, 0.4) is 0 Å². The van der Waals surface area contributed by atoms with Crippen LogP contribution in [0, 0.1) is 28.6 Å². The lowest BCUT2D eigenvalue weighted by Crippen LogP contribution is -2.64. The van der Waals surface area contributed by atoms with Gasteiger partial charge in [0.15, 0.2) is 5.78 Å². The second kappa shape index (κ2) is 6.44. The third kappa shape index (κ3) is 2.55. The van der Waals surface area contributed by atoms with Gasteiger partial charge in [0.2, 0.25) is 0 Å². The first-order valence-electron chi connectivity index (χ1n) is 9.74. The Morgan fingerprint density at radius 1 is 1.29 bits per heavy atom. The first-order valence-corrected chi connectivity index (χ1v) is 9.74. The van der Waals surface area contributed by atoms with Crippen LogP contribution in [-0.2, 0) is 23.9 Å². The zero-order valence-electron chi connectivity index (χ0n) is 16.3. The van der Waals surface area contributed by atoms with Crippen molar-refractivity contribution in [1.82, 2.24) is 0 Å². The minimum atomic E-state index is -1.23. The van der Waals surface area contributed by atoms with Crippen molar-refractivity contribution in [3.8, 4) is 0 Å². The van der Waals surface area contributed by atoms with E-state index in [0.717, 1.165) is 5.56 Å². The lowest BCUT2D eigenvalue weighted by Gasteiger charge is -2.60. The number of esters is 2. The van der Waals surface area contributed by atoms with Crippen molar-refractivity contribution in [2.24, 2.45) is 28.6 Å². The second-order valence-electron chi connectivity index (χ2n) is 8.95. The molecule has 1 aliphatic heterocycles. The van der Waals surface area contributed by atoms with E-state index in [0.29, 0.717) is 19.3 Å². The van der Waals surface area contributed by atoms with E-state index in [-0.39, 0.29) is 18.2 Å². The Kier molecular flexibility index (Phi) is 4.41. The van der Waals surface area contributed by atoms with Crippen molar-refractivity contribution in [2.75, 3.05) is 7.11 Å². The summed E-state index contributed by atoms with van der Waals surface area (Å²) in [5, 5.41) is 10.5. The molecule has 7 nitrogen and oxygen atoms in total. The highest BCUT2D eigenvalue weighted by Gasteiger charge is 2.67. The van der Waals surface area contributed by atoms with Crippen LogP contribution < -0.4 is 0 Å². The fraction of sp³-hybridized carbons (Fsp3) is 0.667. The molecule has 0 bridgehead atoms. The van der Waals surface area contributed by atoms with E-state index < -0.39 is 46.8 Å². The molecule has 7 atom stereocenters. The lowest BCUT2D eigenvalue weighted by atomic mass is 9.43. The summed E-state index contributed by atoms with van der Waals surface area (Å²) < 4.78 is 15.8. The Bertz CT molecular complexity index is 800. The van der Waals surface area contributed by atoms with Crippen LogP contribution in [0.5, 0.6) is 0 Å². The van der Waals surface area contributed by atoms with E-state index in [4.69, 9.17) is 13.9 Å². The van der Waals surface area contributed by atoms with Gasteiger partial charge < -0.3 is 19.0 Å². The van der Waals surface area contributed by atoms with Gasteiger partial charge in [-0.25, -0.2) is 0 Å². The predicted molar refractivity (Wildman–Crippen MR) is 95.7 cm³/mol. The number of furan rings is 1. The van der Waals surface area contributed by atoms with E-state index in [1.54, 1.807) is 12.3 Å². The molecule has 0 spiro atoms. The van der Waals surface area contributed by atoms with Crippen LogP contribution in [0.1, 0.15) is 51.2 Å². The Morgan fingerprint density at radius 3 is 2.68 bits per heavy atom. The molecule has 0 amide bonds. The number of hydrogen-bond donors (Lipinski definition) is 1. The summed E-state index contributed by atoms with van der Waals surface area (Å²) in [6.45, 7) is 3.86. The number of cyclic esters (lactones) is 1. The molecule has 2 heterocycles. The molecule has 1 aromatic rings. The normalized spacial score (nSPS) is 42.9. The van der Waals surface area contributed by atoms with Crippen molar-refractivity contribution in [3.05, 3.63) is 24.2 Å². The van der Waals surface area contributed by atoms with Crippen molar-refractivity contribution >= 4 is 17.7 Å². The maximum absolute atomic E-state index is 13.2. The SMILES string of the molecule is COC(=O)[C@@H]1C[C@@H](O)C(=O)[C@H]2[C@@]1(C)CC[C@H]1C(=O)O[C@@H](c3ccoc3)C[C@]21C. The minimum absolute atomic E-state index is 0.0643. The highest BCUT2D eigenvalue weighted by atomic mass is 16.5. The molecule has 1 N–H and O–H groups in total. The Hall–Kier alpha value is -2.15. The van der Waals surface area contributed by atoms with Gasteiger partial charge in [-0.3, -0.25) is 14.4 Å². The predicted octanol–water partition coefficient (Wildman–Crippen LogP) is 2.43. The summed E-state index contributed by atoms with van der Waals surface area (Å²) in [4.78, 5) is 38.6. The second-order valence-corrected chi connectivity index (χ2v) is 8.95.